The third-order valence-electron chi connectivity index (χ3n) is 5.26. The first-order valence-corrected chi connectivity index (χ1v) is 8.86. The fraction of sp³-hybridized carbons (Fsp3) is 0. The zero-order chi connectivity index (χ0) is 18.0. The zero-order valence-corrected chi connectivity index (χ0v) is 14.3. The molecule has 0 aliphatic heterocycles. The van der Waals surface area contributed by atoms with Crippen molar-refractivity contribution in [2.45, 2.75) is 0 Å². The molecular formula is C23H14FN3. The van der Waals surface area contributed by atoms with Gasteiger partial charge in [-0.2, -0.15) is 0 Å². The highest BCUT2D eigenvalue weighted by Gasteiger charge is 2.18. The van der Waals surface area contributed by atoms with Gasteiger partial charge in [-0.05, 0) is 30.3 Å². The molecule has 3 aromatic heterocycles. The van der Waals surface area contributed by atoms with E-state index in [1.54, 1.807) is 12.1 Å². The average Bonchev–Trinajstić information content (AvgIpc) is 3.28. The van der Waals surface area contributed by atoms with E-state index in [0.29, 0.717) is 0 Å². The summed E-state index contributed by atoms with van der Waals surface area (Å²) >= 11 is 0. The van der Waals surface area contributed by atoms with E-state index in [2.05, 4.69) is 28.2 Å². The van der Waals surface area contributed by atoms with Crippen molar-refractivity contribution >= 4 is 43.7 Å². The van der Waals surface area contributed by atoms with Gasteiger partial charge in [0, 0.05) is 49.9 Å². The first-order valence-electron chi connectivity index (χ1n) is 8.86. The van der Waals surface area contributed by atoms with Crippen molar-refractivity contribution in [2.75, 3.05) is 0 Å². The molecule has 4 heteroatoms. The summed E-state index contributed by atoms with van der Waals surface area (Å²) in [5, 5.41) is 4.04. The van der Waals surface area contributed by atoms with Gasteiger partial charge in [-0.25, -0.2) is 9.37 Å². The van der Waals surface area contributed by atoms with Crippen molar-refractivity contribution in [3.05, 3.63) is 78.7 Å². The van der Waals surface area contributed by atoms with Crippen molar-refractivity contribution < 1.29 is 4.39 Å². The second-order valence-electron chi connectivity index (χ2n) is 6.79. The highest BCUT2D eigenvalue weighted by atomic mass is 19.1. The van der Waals surface area contributed by atoms with Crippen LogP contribution in [-0.2, 0) is 0 Å². The van der Waals surface area contributed by atoms with Crippen LogP contribution >= 0.6 is 0 Å². The molecule has 6 rings (SSSR count). The first-order chi connectivity index (χ1) is 13.3. The quantitative estimate of drug-likeness (QED) is 0.366. The zero-order valence-electron chi connectivity index (χ0n) is 14.3. The normalized spacial score (nSPS) is 11.9. The molecule has 0 aliphatic rings. The summed E-state index contributed by atoms with van der Waals surface area (Å²) in [6, 6.07) is 21.1. The monoisotopic (exact) mass is 351 g/mol. The number of fused-ring (bicyclic) bond motifs is 5. The van der Waals surface area contributed by atoms with Gasteiger partial charge in [-0.15, -0.1) is 0 Å². The molecule has 0 saturated heterocycles. The topological polar surface area (TPSA) is 44.5 Å². The molecule has 3 nitrogen and oxygen atoms in total. The van der Waals surface area contributed by atoms with E-state index < -0.39 is 0 Å². The van der Waals surface area contributed by atoms with E-state index in [4.69, 9.17) is 4.98 Å². The Balaban J connectivity index is 1.91. The number of hydrogen-bond donors (Lipinski definition) is 2. The van der Waals surface area contributed by atoms with E-state index in [9.17, 15) is 4.39 Å². The molecule has 27 heavy (non-hydrogen) atoms. The summed E-state index contributed by atoms with van der Waals surface area (Å²) in [5.74, 6) is -0.260. The summed E-state index contributed by atoms with van der Waals surface area (Å²) in [4.78, 5) is 11.5. The lowest BCUT2D eigenvalue weighted by Crippen LogP contribution is -1.88. The standard InChI is InChI=1S/C23H14FN3/c24-13-9-10-20-16(11-13)21(17-12-25-18-7-3-1-5-14(17)18)22-15-6-2-4-8-19(15)26-23(22)27-20/h1-12,25H,(H,26,27). The Hall–Kier alpha value is -3.66. The van der Waals surface area contributed by atoms with Crippen molar-refractivity contribution in [3.63, 3.8) is 0 Å². The second-order valence-corrected chi connectivity index (χ2v) is 6.79. The number of aromatic amines is 2. The minimum absolute atomic E-state index is 0.260. The summed E-state index contributed by atoms with van der Waals surface area (Å²) in [6.07, 6.45) is 2.01. The number of para-hydroxylation sites is 2. The molecule has 3 aromatic carbocycles. The van der Waals surface area contributed by atoms with Crippen LogP contribution in [0.3, 0.4) is 0 Å². The summed E-state index contributed by atoms with van der Waals surface area (Å²) in [7, 11) is 0. The molecule has 0 saturated carbocycles. The van der Waals surface area contributed by atoms with Crippen molar-refractivity contribution in [1.82, 2.24) is 15.0 Å². The van der Waals surface area contributed by atoms with Crippen LogP contribution in [0.5, 0.6) is 0 Å². The fourth-order valence-electron chi connectivity index (χ4n) is 4.08. The van der Waals surface area contributed by atoms with Gasteiger partial charge in [-0.1, -0.05) is 36.4 Å². The second kappa shape index (κ2) is 5.17. The fourth-order valence-corrected chi connectivity index (χ4v) is 4.08. The van der Waals surface area contributed by atoms with Crippen LogP contribution in [0.1, 0.15) is 0 Å². The van der Waals surface area contributed by atoms with Gasteiger partial charge >= 0.3 is 0 Å². The van der Waals surface area contributed by atoms with Crippen LogP contribution in [0.4, 0.5) is 4.39 Å². The van der Waals surface area contributed by atoms with Crippen LogP contribution < -0.4 is 0 Å². The van der Waals surface area contributed by atoms with Gasteiger partial charge in [-0.3, -0.25) is 0 Å². The van der Waals surface area contributed by atoms with Gasteiger partial charge in [0.2, 0.25) is 0 Å². The highest BCUT2D eigenvalue weighted by Crippen LogP contribution is 2.41. The number of pyridine rings is 1. The van der Waals surface area contributed by atoms with Gasteiger partial charge in [0.15, 0.2) is 0 Å². The SMILES string of the molecule is Fc1ccc2nc3[nH]c4ccccc4c3c(-c3c[nH]c4ccccc34)c2c1. The Morgan fingerprint density at radius 2 is 1.56 bits per heavy atom. The number of aromatic nitrogens is 3. The molecule has 0 fully saturated rings. The first kappa shape index (κ1) is 14.5. The van der Waals surface area contributed by atoms with Crippen molar-refractivity contribution in [1.29, 1.82) is 0 Å². The molecule has 0 spiro atoms. The number of H-pyrrole nitrogens is 2. The molecule has 3 heterocycles. The minimum atomic E-state index is -0.260. The minimum Gasteiger partial charge on any atom is -0.361 e. The Bertz CT molecular complexity index is 1490. The van der Waals surface area contributed by atoms with E-state index >= 15 is 0 Å². The molecule has 0 aliphatic carbocycles. The maximum atomic E-state index is 14.2. The van der Waals surface area contributed by atoms with Crippen molar-refractivity contribution in [2.24, 2.45) is 0 Å². The number of benzene rings is 3. The summed E-state index contributed by atoms with van der Waals surface area (Å²) in [6.45, 7) is 0. The van der Waals surface area contributed by atoms with E-state index in [1.807, 2.05) is 36.5 Å². The van der Waals surface area contributed by atoms with E-state index in [-0.39, 0.29) is 5.82 Å². The third-order valence-corrected chi connectivity index (χ3v) is 5.26. The number of halogens is 1. The smallest absolute Gasteiger partial charge is 0.139 e. The number of nitrogens with one attached hydrogen (secondary N) is 2. The average molecular weight is 351 g/mol. The Morgan fingerprint density at radius 3 is 2.44 bits per heavy atom. The molecule has 128 valence electrons. The van der Waals surface area contributed by atoms with Gasteiger partial charge in [0.05, 0.1) is 5.52 Å². The highest BCUT2D eigenvalue weighted by molar-refractivity contribution is 6.22. The predicted octanol–water partition coefficient (Wildman–Crippen LogP) is 6.16. The van der Waals surface area contributed by atoms with Gasteiger partial charge in [0.1, 0.15) is 11.5 Å². The van der Waals surface area contributed by atoms with Crippen LogP contribution in [0.2, 0.25) is 0 Å². The van der Waals surface area contributed by atoms with Crippen LogP contribution in [-0.4, -0.2) is 15.0 Å². The van der Waals surface area contributed by atoms with Crippen LogP contribution in [0, 0.1) is 5.82 Å². The molecule has 0 unspecified atom stereocenters. The number of hydrogen-bond acceptors (Lipinski definition) is 1. The van der Waals surface area contributed by atoms with Crippen molar-refractivity contribution in [3.8, 4) is 11.1 Å². The Morgan fingerprint density at radius 1 is 0.778 bits per heavy atom. The lowest BCUT2D eigenvalue weighted by molar-refractivity contribution is 0.629. The Kier molecular flexibility index (Phi) is 2.78. The number of nitrogens with zero attached hydrogens (tertiary/aromatic N) is 1. The molecule has 0 atom stereocenters. The number of rotatable bonds is 1. The third kappa shape index (κ3) is 1.98. The van der Waals surface area contributed by atoms with E-state index in [1.165, 1.54) is 6.07 Å². The molecule has 0 amide bonds. The summed E-state index contributed by atoms with van der Waals surface area (Å²) < 4.78 is 14.2. The molecule has 6 aromatic rings. The maximum absolute atomic E-state index is 14.2. The molecule has 0 radical (unpaired) electrons. The van der Waals surface area contributed by atoms with E-state index in [0.717, 1.165) is 54.9 Å². The maximum Gasteiger partial charge on any atom is 0.139 e. The van der Waals surface area contributed by atoms with Crippen LogP contribution in [0.15, 0.2) is 72.9 Å². The largest absolute Gasteiger partial charge is 0.361 e. The predicted molar refractivity (Wildman–Crippen MR) is 108 cm³/mol. The lowest BCUT2D eigenvalue weighted by Gasteiger charge is -2.09. The Labute approximate surface area is 153 Å². The lowest BCUT2D eigenvalue weighted by atomic mass is 9.96. The van der Waals surface area contributed by atoms with Crippen LogP contribution in [0.25, 0.3) is 54.9 Å². The molecular weight excluding hydrogens is 337 g/mol. The van der Waals surface area contributed by atoms with Gasteiger partial charge in [0.25, 0.3) is 0 Å². The van der Waals surface area contributed by atoms with Gasteiger partial charge < -0.3 is 9.97 Å². The molecule has 2 N–H and O–H groups in total. The molecule has 0 bridgehead atoms. The summed E-state index contributed by atoms with van der Waals surface area (Å²) in [5.41, 5.74) is 5.73.